The van der Waals surface area contributed by atoms with Crippen molar-refractivity contribution in [2.45, 2.75) is 6.42 Å². The molecule has 0 atom stereocenters. The molecule has 1 aromatic rings. The van der Waals surface area contributed by atoms with Crippen LogP contribution >= 0.6 is 15.9 Å². The van der Waals surface area contributed by atoms with Gasteiger partial charge in [0.25, 0.3) is 0 Å². The lowest BCUT2D eigenvalue weighted by atomic mass is 10.1. The lowest BCUT2D eigenvalue weighted by Crippen LogP contribution is -2.19. The van der Waals surface area contributed by atoms with E-state index in [1.165, 1.54) is 0 Å². The van der Waals surface area contributed by atoms with Gasteiger partial charge in [-0.1, -0.05) is 15.9 Å². The average molecular weight is 227 g/mol. The minimum atomic E-state index is 0.139. The molecule has 1 aliphatic rings. The molecule has 0 bridgehead atoms. The predicted octanol–water partition coefficient (Wildman–Crippen LogP) is 1.95. The van der Waals surface area contributed by atoms with E-state index in [0.717, 1.165) is 15.8 Å². The highest BCUT2D eigenvalue weighted by Gasteiger charge is 2.16. The third-order valence-electron chi connectivity index (χ3n) is 1.80. The molecule has 0 amide bonds. The third kappa shape index (κ3) is 1.37. The molecule has 0 saturated heterocycles. The molecule has 0 N–H and O–H groups in total. The summed E-state index contributed by atoms with van der Waals surface area (Å²) < 4.78 is 6.21. The van der Waals surface area contributed by atoms with Crippen LogP contribution in [0.1, 0.15) is 5.56 Å². The highest BCUT2D eigenvalue weighted by molar-refractivity contribution is 9.10. The Kier molecular flexibility index (Phi) is 1.89. The number of carbonyl (C=O) groups excluding carboxylic acids is 1. The minimum absolute atomic E-state index is 0.139. The number of fused-ring (bicyclic) bond motifs is 1. The van der Waals surface area contributed by atoms with Gasteiger partial charge < -0.3 is 4.74 Å². The third-order valence-corrected chi connectivity index (χ3v) is 2.29. The maximum Gasteiger partial charge on any atom is 0.174 e. The average Bonchev–Trinajstić information content (AvgIpc) is 2.03. The van der Waals surface area contributed by atoms with Gasteiger partial charge in [0.1, 0.15) is 12.4 Å². The molecular weight excluding hydrogens is 220 g/mol. The summed E-state index contributed by atoms with van der Waals surface area (Å²) in [5.41, 5.74) is 0.973. The Balaban J connectivity index is 2.44. The van der Waals surface area contributed by atoms with Crippen molar-refractivity contribution in [2.24, 2.45) is 0 Å². The van der Waals surface area contributed by atoms with E-state index >= 15 is 0 Å². The second kappa shape index (κ2) is 2.90. The SMILES string of the molecule is O=C1COc2ccc(Br)cc2C1. The van der Waals surface area contributed by atoms with Crippen LogP contribution in [-0.4, -0.2) is 12.4 Å². The quantitative estimate of drug-likeness (QED) is 0.677. The number of hydrogen-bond acceptors (Lipinski definition) is 2. The summed E-state index contributed by atoms with van der Waals surface area (Å²) in [5.74, 6) is 0.971. The highest BCUT2D eigenvalue weighted by Crippen LogP contribution is 2.26. The molecular formula is C9H7BrO2. The zero-order chi connectivity index (χ0) is 8.55. The molecule has 2 rings (SSSR count). The Morgan fingerprint density at radius 1 is 1.42 bits per heavy atom. The van der Waals surface area contributed by atoms with E-state index in [2.05, 4.69) is 15.9 Å². The molecule has 0 aliphatic carbocycles. The summed E-state index contributed by atoms with van der Waals surface area (Å²) in [7, 11) is 0. The van der Waals surface area contributed by atoms with Crippen LogP contribution in [-0.2, 0) is 11.2 Å². The van der Waals surface area contributed by atoms with Gasteiger partial charge in [-0.05, 0) is 18.2 Å². The van der Waals surface area contributed by atoms with Crippen molar-refractivity contribution in [1.82, 2.24) is 0 Å². The van der Waals surface area contributed by atoms with E-state index in [-0.39, 0.29) is 12.4 Å². The van der Waals surface area contributed by atoms with Crippen molar-refractivity contribution in [3.63, 3.8) is 0 Å². The van der Waals surface area contributed by atoms with Crippen LogP contribution in [0.4, 0.5) is 0 Å². The molecule has 1 aliphatic heterocycles. The first-order chi connectivity index (χ1) is 5.75. The monoisotopic (exact) mass is 226 g/mol. The molecule has 3 heteroatoms. The highest BCUT2D eigenvalue weighted by atomic mass is 79.9. The molecule has 0 saturated carbocycles. The number of carbonyl (C=O) groups is 1. The van der Waals surface area contributed by atoms with Gasteiger partial charge in [-0.25, -0.2) is 0 Å². The van der Waals surface area contributed by atoms with Crippen LogP contribution in [0.15, 0.2) is 22.7 Å². The molecule has 0 unspecified atom stereocenters. The van der Waals surface area contributed by atoms with E-state index in [4.69, 9.17) is 4.74 Å². The maximum atomic E-state index is 11.0. The van der Waals surface area contributed by atoms with Gasteiger partial charge >= 0.3 is 0 Å². The van der Waals surface area contributed by atoms with Gasteiger partial charge in [0.2, 0.25) is 0 Å². The van der Waals surface area contributed by atoms with Crippen LogP contribution < -0.4 is 4.74 Å². The van der Waals surface area contributed by atoms with Gasteiger partial charge in [0.05, 0.1) is 0 Å². The predicted molar refractivity (Wildman–Crippen MR) is 48.3 cm³/mol. The minimum Gasteiger partial charge on any atom is -0.486 e. The van der Waals surface area contributed by atoms with Gasteiger partial charge in [0.15, 0.2) is 5.78 Å². The van der Waals surface area contributed by atoms with Gasteiger partial charge in [-0.3, -0.25) is 4.79 Å². The zero-order valence-corrected chi connectivity index (χ0v) is 7.93. The summed E-state index contributed by atoms with van der Waals surface area (Å²) in [4.78, 5) is 11.0. The fourth-order valence-corrected chi connectivity index (χ4v) is 1.66. The second-order valence-corrected chi connectivity index (χ2v) is 3.67. The lowest BCUT2D eigenvalue weighted by Gasteiger charge is -2.15. The molecule has 0 aromatic heterocycles. The molecule has 1 heterocycles. The van der Waals surface area contributed by atoms with Gasteiger partial charge in [-0.15, -0.1) is 0 Å². The Labute approximate surface area is 78.7 Å². The van der Waals surface area contributed by atoms with Crippen LogP contribution in [0.2, 0.25) is 0 Å². The van der Waals surface area contributed by atoms with E-state index < -0.39 is 0 Å². The summed E-state index contributed by atoms with van der Waals surface area (Å²) in [6.07, 6.45) is 0.495. The van der Waals surface area contributed by atoms with Crippen molar-refractivity contribution in [1.29, 1.82) is 0 Å². The summed E-state index contributed by atoms with van der Waals surface area (Å²) in [6, 6.07) is 5.72. The summed E-state index contributed by atoms with van der Waals surface area (Å²) in [5, 5.41) is 0. The summed E-state index contributed by atoms with van der Waals surface area (Å²) in [6.45, 7) is 0.217. The number of rotatable bonds is 0. The largest absolute Gasteiger partial charge is 0.486 e. The maximum absolute atomic E-state index is 11.0. The molecule has 1 aromatic carbocycles. The van der Waals surface area contributed by atoms with E-state index in [1.807, 2.05) is 18.2 Å². The molecule has 62 valence electrons. The van der Waals surface area contributed by atoms with E-state index in [9.17, 15) is 4.79 Å². The fourth-order valence-electron chi connectivity index (χ4n) is 1.25. The molecule has 0 spiro atoms. The summed E-state index contributed by atoms with van der Waals surface area (Å²) >= 11 is 3.34. The van der Waals surface area contributed by atoms with E-state index in [1.54, 1.807) is 0 Å². The van der Waals surface area contributed by atoms with Crippen molar-refractivity contribution in [3.8, 4) is 5.75 Å². The second-order valence-electron chi connectivity index (χ2n) is 2.76. The fraction of sp³-hybridized carbons (Fsp3) is 0.222. The number of ether oxygens (including phenoxy) is 1. The Morgan fingerprint density at radius 2 is 2.25 bits per heavy atom. The van der Waals surface area contributed by atoms with Gasteiger partial charge in [0, 0.05) is 16.5 Å². The van der Waals surface area contributed by atoms with E-state index in [0.29, 0.717) is 6.42 Å². The van der Waals surface area contributed by atoms with Crippen LogP contribution in [0, 0.1) is 0 Å². The Hall–Kier alpha value is -0.830. The first kappa shape index (κ1) is 7.80. The van der Waals surface area contributed by atoms with Gasteiger partial charge in [-0.2, -0.15) is 0 Å². The molecule has 2 nitrogen and oxygen atoms in total. The lowest BCUT2D eigenvalue weighted by molar-refractivity contribution is -0.121. The standard InChI is InChI=1S/C9H7BrO2/c10-7-1-2-9-6(3-7)4-8(11)5-12-9/h1-3H,4-5H2. The van der Waals surface area contributed by atoms with Crippen molar-refractivity contribution >= 4 is 21.7 Å². The van der Waals surface area contributed by atoms with Crippen molar-refractivity contribution < 1.29 is 9.53 Å². The molecule has 12 heavy (non-hydrogen) atoms. The van der Waals surface area contributed by atoms with Crippen LogP contribution in [0.3, 0.4) is 0 Å². The first-order valence-corrected chi connectivity index (χ1v) is 4.48. The molecule has 0 fully saturated rings. The topological polar surface area (TPSA) is 26.3 Å². The zero-order valence-electron chi connectivity index (χ0n) is 6.34. The molecule has 0 radical (unpaired) electrons. The van der Waals surface area contributed by atoms with Crippen molar-refractivity contribution in [2.75, 3.05) is 6.61 Å². The first-order valence-electron chi connectivity index (χ1n) is 3.68. The number of halogens is 1. The van der Waals surface area contributed by atoms with Crippen LogP contribution in [0.25, 0.3) is 0 Å². The van der Waals surface area contributed by atoms with Crippen LogP contribution in [0.5, 0.6) is 5.75 Å². The Bertz CT molecular complexity index is 333. The Morgan fingerprint density at radius 3 is 3.08 bits per heavy atom. The number of benzene rings is 1. The normalized spacial score (nSPS) is 15.2. The number of hydrogen-bond donors (Lipinski definition) is 0. The number of ketones is 1. The van der Waals surface area contributed by atoms with Crippen molar-refractivity contribution in [3.05, 3.63) is 28.2 Å². The smallest absolute Gasteiger partial charge is 0.174 e. The number of Topliss-reactive ketones (excluding diaryl/α,β-unsaturated/α-hetero) is 1.